The van der Waals surface area contributed by atoms with Crippen LogP contribution in [0, 0.1) is 11.8 Å². The van der Waals surface area contributed by atoms with E-state index < -0.39 is 22.5 Å². The van der Waals surface area contributed by atoms with E-state index in [1.807, 2.05) is 0 Å². The van der Waals surface area contributed by atoms with Gasteiger partial charge in [-0.25, -0.2) is 0 Å². The van der Waals surface area contributed by atoms with Crippen molar-refractivity contribution in [3.63, 3.8) is 0 Å². The Morgan fingerprint density at radius 1 is 1.06 bits per heavy atom. The SMILES string of the molecule is CC(C)CB(CC(C)C)OS(=O)(=O)C(F)(F)F. The Labute approximate surface area is 101 Å². The summed E-state index contributed by atoms with van der Waals surface area (Å²) in [7, 11) is -5.49. The second-order valence-electron chi connectivity index (χ2n) is 4.88. The summed E-state index contributed by atoms with van der Waals surface area (Å²) in [5.74, 6) is 0.143. The monoisotopic (exact) mass is 274 g/mol. The van der Waals surface area contributed by atoms with Gasteiger partial charge in [0.15, 0.2) is 0 Å². The molecule has 0 unspecified atom stereocenters. The molecule has 0 rings (SSSR count). The van der Waals surface area contributed by atoms with Crippen LogP contribution in [0.2, 0.25) is 12.6 Å². The van der Waals surface area contributed by atoms with Gasteiger partial charge in [-0.15, -0.1) is 0 Å². The van der Waals surface area contributed by atoms with Gasteiger partial charge in [0.25, 0.3) is 0 Å². The lowest BCUT2D eigenvalue weighted by molar-refractivity contribution is -0.0502. The Kier molecular flexibility index (Phi) is 6.00. The minimum Gasteiger partial charge on any atom is -0.327 e. The first kappa shape index (κ1) is 16.8. The molecule has 17 heavy (non-hydrogen) atoms. The van der Waals surface area contributed by atoms with Crippen molar-refractivity contribution >= 4 is 17.0 Å². The molecule has 0 saturated carbocycles. The first-order valence-corrected chi connectivity index (χ1v) is 6.86. The Hall–Kier alpha value is -0.235. The molecular weight excluding hydrogens is 256 g/mol. The zero-order valence-electron chi connectivity index (χ0n) is 10.4. The van der Waals surface area contributed by atoms with E-state index in [2.05, 4.69) is 4.10 Å². The average molecular weight is 274 g/mol. The van der Waals surface area contributed by atoms with Crippen LogP contribution in [0.5, 0.6) is 0 Å². The largest absolute Gasteiger partial charge is 0.521 e. The summed E-state index contributed by atoms with van der Waals surface area (Å²) in [5.41, 5.74) is -5.35. The first-order valence-electron chi connectivity index (χ1n) is 5.45. The molecule has 0 aromatic rings. The molecule has 8 heteroatoms. The molecule has 0 aromatic carbocycles. The van der Waals surface area contributed by atoms with Crippen LogP contribution in [0.4, 0.5) is 13.2 Å². The second kappa shape index (κ2) is 6.09. The van der Waals surface area contributed by atoms with Crippen LogP contribution in [-0.2, 0) is 14.2 Å². The summed E-state index contributed by atoms with van der Waals surface area (Å²) in [5, 5.41) is 0. The fraction of sp³-hybridized carbons (Fsp3) is 1.00. The van der Waals surface area contributed by atoms with Gasteiger partial charge in [-0.2, -0.15) is 21.6 Å². The Balaban J connectivity index is 4.75. The number of alkyl halides is 3. The molecule has 0 saturated heterocycles. The van der Waals surface area contributed by atoms with E-state index in [9.17, 15) is 21.6 Å². The summed E-state index contributed by atoms with van der Waals surface area (Å²) in [6.07, 6.45) is 0.570. The molecule has 3 nitrogen and oxygen atoms in total. The van der Waals surface area contributed by atoms with Crippen LogP contribution in [-0.4, -0.2) is 20.8 Å². The minimum absolute atomic E-state index is 0.0715. The van der Waals surface area contributed by atoms with E-state index in [0.717, 1.165) is 0 Å². The molecule has 0 bridgehead atoms. The highest BCUT2D eigenvalue weighted by molar-refractivity contribution is 7.88. The molecule has 0 fully saturated rings. The van der Waals surface area contributed by atoms with Gasteiger partial charge in [-0.3, -0.25) is 0 Å². The van der Waals surface area contributed by atoms with Crippen molar-refractivity contribution in [2.45, 2.75) is 45.8 Å². The third-order valence-corrected chi connectivity index (χ3v) is 3.11. The third kappa shape index (κ3) is 6.31. The van der Waals surface area contributed by atoms with E-state index >= 15 is 0 Å². The normalized spacial score (nSPS) is 13.5. The molecule has 0 aliphatic carbocycles. The highest BCUT2D eigenvalue weighted by Crippen LogP contribution is 2.28. The summed E-state index contributed by atoms with van der Waals surface area (Å²) >= 11 is 0. The maximum absolute atomic E-state index is 12.2. The second-order valence-corrected chi connectivity index (χ2v) is 6.44. The van der Waals surface area contributed by atoms with Gasteiger partial charge < -0.3 is 4.10 Å². The summed E-state index contributed by atoms with van der Waals surface area (Å²) in [6.45, 7) is 6.29. The van der Waals surface area contributed by atoms with Crippen molar-refractivity contribution in [3.05, 3.63) is 0 Å². The van der Waals surface area contributed by atoms with E-state index in [1.165, 1.54) is 0 Å². The van der Waals surface area contributed by atoms with Gasteiger partial charge in [-0.1, -0.05) is 39.5 Å². The fourth-order valence-electron chi connectivity index (χ4n) is 1.46. The van der Waals surface area contributed by atoms with Crippen molar-refractivity contribution in [2.75, 3.05) is 0 Å². The Bertz CT molecular complexity index is 315. The maximum Gasteiger partial charge on any atom is 0.521 e. The van der Waals surface area contributed by atoms with Crippen LogP contribution < -0.4 is 0 Å². The molecule has 0 atom stereocenters. The zero-order valence-corrected chi connectivity index (χ0v) is 11.2. The van der Waals surface area contributed by atoms with E-state index in [0.29, 0.717) is 0 Å². The predicted octanol–water partition coefficient (Wildman–Crippen LogP) is 3.16. The van der Waals surface area contributed by atoms with Gasteiger partial charge in [0.1, 0.15) is 0 Å². The van der Waals surface area contributed by atoms with Gasteiger partial charge in [0, 0.05) is 0 Å². The van der Waals surface area contributed by atoms with Crippen LogP contribution in [0.1, 0.15) is 27.7 Å². The fourth-order valence-corrected chi connectivity index (χ4v) is 2.08. The standard InChI is InChI=1S/C9H18BF3O3S/c1-7(2)5-10(6-8(3)4)16-17(14,15)9(11,12)13/h7-8H,5-6H2,1-4H3. The van der Waals surface area contributed by atoms with Crippen LogP contribution in [0.3, 0.4) is 0 Å². The average Bonchev–Trinajstić information content (AvgIpc) is 1.96. The van der Waals surface area contributed by atoms with Gasteiger partial charge in [0.2, 0.25) is 0 Å². The third-order valence-electron chi connectivity index (χ3n) is 2.01. The molecule has 0 radical (unpaired) electrons. The molecule has 0 spiro atoms. The Morgan fingerprint density at radius 3 is 1.65 bits per heavy atom. The smallest absolute Gasteiger partial charge is 0.327 e. The molecule has 0 aromatic heterocycles. The number of halogens is 3. The maximum atomic E-state index is 12.2. The Morgan fingerprint density at radius 2 is 1.41 bits per heavy atom. The number of rotatable bonds is 6. The zero-order chi connectivity index (χ0) is 13.9. The molecule has 0 aliphatic rings. The van der Waals surface area contributed by atoms with E-state index in [1.54, 1.807) is 27.7 Å². The lowest BCUT2D eigenvalue weighted by Gasteiger charge is -2.18. The summed E-state index contributed by atoms with van der Waals surface area (Å²) < 4.78 is 62.5. The number of hydrogen-bond donors (Lipinski definition) is 0. The summed E-state index contributed by atoms with van der Waals surface area (Å²) in [4.78, 5) is 0. The van der Waals surface area contributed by atoms with Gasteiger partial charge >= 0.3 is 22.5 Å². The van der Waals surface area contributed by atoms with Crippen molar-refractivity contribution in [3.8, 4) is 0 Å². The quantitative estimate of drug-likeness (QED) is 0.552. The molecule has 0 aliphatic heterocycles. The summed E-state index contributed by atoms with van der Waals surface area (Å²) in [6, 6.07) is 0. The topological polar surface area (TPSA) is 43.4 Å². The van der Waals surface area contributed by atoms with Crippen molar-refractivity contribution in [2.24, 2.45) is 11.8 Å². The predicted molar refractivity (Wildman–Crippen MR) is 61.1 cm³/mol. The molecule has 102 valence electrons. The highest BCUT2D eigenvalue weighted by atomic mass is 32.2. The highest BCUT2D eigenvalue weighted by Gasteiger charge is 2.48. The minimum atomic E-state index is -5.49. The molecular formula is C9H18BF3O3S. The van der Waals surface area contributed by atoms with Crippen LogP contribution >= 0.6 is 0 Å². The van der Waals surface area contributed by atoms with Crippen LogP contribution in [0.15, 0.2) is 0 Å². The van der Waals surface area contributed by atoms with Crippen LogP contribution in [0.25, 0.3) is 0 Å². The number of hydrogen-bond acceptors (Lipinski definition) is 3. The van der Waals surface area contributed by atoms with Crippen molar-refractivity contribution < 1.29 is 25.7 Å². The first-order chi connectivity index (χ1) is 7.45. The van der Waals surface area contributed by atoms with Gasteiger partial charge in [0.05, 0.1) is 0 Å². The molecule has 0 N–H and O–H groups in total. The van der Waals surface area contributed by atoms with E-state index in [4.69, 9.17) is 0 Å². The van der Waals surface area contributed by atoms with Crippen molar-refractivity contribution in [1.29, 1.82) is 0 Å². The van der Waals surface area contributed by atoms with E-state index in [-0.39, 0.29) is 24.5 Å². The van der Waals surface area contributed by atoms with Crippen molar-refractivity contribution in [1.82, 2.24) is 0 Å². The molecule has 0 heterocycles. The lowest BCUT2D eigenvalue weighted by atomic mass is 9.57. The lowest BCUT2D eigenvalue weighted by Crippen LogP contribution is -2.33. The van der Waals surface area contributed by atoms with Gasteiger partial charge in [-0.05, 0) is 12.6 Å². The molecule has 0 amide bonds.